The quantitative estimate of drug-likeness (QED) is 0.608. The smallest absolute Gasteiger partial charge is 0.142 e. The molecule has 3 heteroatoms. The summed E-state index contributed by atoms with van der Waals surface area (Å²) >= 11 is 0. The van der Waals surface area contributed by atoms with Gasteiger partial charge in [-0.3, -0.25) is 4.79 Å². The molecule has 1 aromatic rings. The number of ether oxygens (including phenoxy) is 1. The van der Waals surface area contributed by atoms with Crippen LogP contribution in [-0.2, 0) is 16.1 Å². The van der Waals surface area contributed by atoms with Crippen LogP contribution in [0.4, 0.5) is 0 Å². The van der Waals surface area contributed by atoms with E-state index in [9.17, 15) is 4.79 Å². The minimum absolute atomic E-state index is 0.312. The lowest BCUT2D eigenvalue weighted by atomic mass is 9.87. The molecule has 0 heterocycles. The molecule has 3 nitrogen and oxygen atoms in total. The lowest BCUT2D eigenvalue weighted by Gasteiger charge is -2.26. The van der Waals surface area contributed by atoms with Crippen LogP contribution in [0, 0.1) is 17.2 Å². The number of benzene rings is 1. The Balaban J connectivity index is 1.74. The SMILES string of the molecule is N#Cc1ccc(CO[C@H]2CC[C@H](/C=C/C=O)CC2)cc1. The van der Waals surface area contributed by atoms with Crippen molar-refractivity contribution in [2.24, 2.45) is 5.92 Å². The fourth-order valence-electron chi connectivity index (χ4n) is 2.54. The van der Waals surface area contributed by atoms with Crippen LogP contribution in [0.5, 0.6) is 0 Å². The molecule has 0 unspecified atom stereocenters. The van der Waals surface area contributed by atoms with Crippen LogP contribution in [0.2, 0.25) is 0 Å². The van der Waals surface area contributed by atoms with E-state index in [2.05, 4.69) is 6.07 Å². The zero-order valence-corrected chi connectivity index (χ0v) is 11.5. The summed E-state index contributed by atoms with van der Waals surface area (Å²) in [4.78, 5) is 10.3. The first-order valence-corrected chi connectivity index (χ1v) is 7.04. The zero-order chi connectivity index (χ0) is 14.2. The van der Waals surface area contributed by atoms with Crippen molar-refractivity contribution in [3.63, 3.8) is 0 Å². The average Bonchev–Trinajstić information content (AvgIpc) is 2.52. The van der Waals surface area contributed by atoms with Crippen LogP contribution in [0.1, 0.15) is 36.8 Å². The van der Waals surface area contributed by atoms with Gasteiger partial charge in [0.05, 0.1) is 24.3 Å². The van der Waals surface area contributed by atoms with Gasteiger partial charge in [0.25, 0.3) is 0 Å². The van der Waals surface area contributed by atoms with Crippen LogP contribution in [-0.4, -0.2) is 12.4 Å². The van der Waals surface area contributed by atoms with Gasteiger partial charge in [-0.1, -0.05) is 18.2 Å². The monoisotopic (exact) mass is 269 g/mol. The van der Waals surface area contributed by atoms with Gasteiger partial charge in [0.15, 0.2) is 0 Å². The Bertz CT molecular complexity index is 491. The summed E-state index contributed by atoms with van der Waals surface area (Å²) in [7, 11) is 0. The van der Waals surface area contributed by atoms with Crippen molar-refractivity contribution in [2.75, 3.05) is 0 Å². The van der Waals surface area contributed by atoms with E-state index in [0.717, 1.165) is 37.5 Å². The molecule has 1 aromatic carbocycles. The van der Waals surface area contributed by atoms with Crippen molar-refractivity contribution in [1.82, 2.24) is 0 Å². The number of nitrogens with zero attached hydrogens (tertiary/aromatic N) is 1. The van der Waals surface area contributed by atoms with E-state index in [0.29, 0.717) is 24.2 Å². The molecule has 1 aliphatic carbocycles. The highest BCUT2D eigenvalue weighted by Gasteiger charge is 2.19. The highest BCUT2D eigenvalue weighted by atomic mass is 16.5. The minimum atomic E-state index is 0.312. The topological polar surface area (TPSA) is 50.1 Å². The van der Waals surface area contributed by atoms with Crippen LogP contribution < -0.4 is 0 Å². The fourth-order valence-corrected chi connectivity index (χ4v) is 2.54. The Hall–Kier alpha value is -1.92. The predicted molar refractivity (Wildman–Crippen MR) is 76.9 cm³/mol. The number of nitriles is 1. The molecule has 0 amide bonds. The number of carbonyl (C=O) groups is 1. The molecule has 2 rings (SSSR count). The third kappa shape index (κ3) is 4.32. The zero-order valence-electron chi connectivity index (χ0n) is 11.5. The van der Waals surface area contributed by atoms with E-state index in [1.807, 2.05) is 30.3 Å². The van der Waals surface area contributed by atoms with Crippen molar-refractivity contribution in [2.45, 2.75) is 38.4 Å². The standard InChI is InChI=1S/C17H19NO2/c18-12-15-3-5-16(6-4-15)13-20-17-9-7-14(8-10-17)2-1-11-19/h1-6,11,14,17H,7-10,13H2/b2-1+/t14-,17-. The van der Waals surface area contributed by atoms with E-state index in [1.54, 1.807) is 6.08 Å². The number of hydrogen-bond acceptors (Lipinski definition) is 3. The van der Waals surface area contributed by atoms with Crippen LogP contribution in [0.25, 0.3) is 0 Å². The number of carbonyl (C=O) groups excluding carboxylic acids is 1. The second-order valence-corrected chi connectivity index (χ2v) is 5.18. The molecule has 0 spiro atoms. The lowest BCUT2D eigenvalue weighted by molar-refractivity contribution is -0.104. The fraction of sp³-hybridized carbons (Fsp3) is 0.412. The molecule has 1 aliphatic rings. The van der Waals surface area contributed by atoms with Crippen LogP contribution >= 0.6 is 0 Å². The van der Waals surface area contributed by atoms with Gasteiger partial charge >= 0.3 is 0 Å². The minimum Gasteiger partial charge on any atom is -0.374 e. The summed E-state index contributed by atoms with van der Waals surface area (Å²) in [6, 6.07) is 9.63. The Morgan fingerprint density at radius 1 is 1.20 bits per heavy atom. The van der Waals surface area contributed by atoms with E-state index in [1.165, 1.54) is 0 Å². The summed E-state index contributed by atoms with van der Waals surface area (Å²) in [5, 5.41) is 8.74. The largest absolute Gasteiger partial charge is 0.374 e. The Morgan fingerprint density at radius 2 is 1.90 bits per heavy atom. The van der Waals surface area contributed by atoms with Gasteiger partial charge in [0.2, 0.25) is 0 Å². The maximum Gasteiger partial charge on any atom is 0.142 e. The molecule has 20 heavy (non-hydrogen) atoms. The van der Waals surface area contributed by atoms with Crippen molar-refractivity contribution in [3.05, 3.63) is 47.5 Å². The van der Waals surface area contributed by atoms with E-state index < -0.39 is 0 Å². The van der Waals surface area contributed by atoms with Gasteiger partial charge in [-0.15, -0.1) is 0 Å². The molecule has 0 bridgehead atoms. The summed E-state index contributed by atoms with van der Waals surface area (Å²) in [6.45, 7) is 0.602. The maximum absolute atomic E-state index is 10.3. The van der Waals surface area contributed by atoms with Gasteiger partial charge in [-0.25, -0.2) is 0 Å². The number of hydrogen-bond donors (Lipinski definition) is 0. The first-order valence-electron chi connectivity index (χ1n) is 7.04. The summed E-state index contributed by atoms with van der Waals surface area (Å²) in [5.74, 6) is 0.523. The summed E-state index contributed by atoms with van der Waals surface area (Å²) in [5.41, 5.74) is 1.78. The van der Waals surface area contributed by atoms with Crippen molar-refractivity contribution in [1.29, 1.82) is 5.26 Å². The molecule has 0 aromatic heterocycles. The van der Waals surface area contributed by atoms with E-state index in [4.69, 9.17) is 10.00 Å². The number of rotatable bonds is 5. The molecule has 0 atom stereocenters. The molecule has 0 radical (unpaired) electrons. The number of aldehydes is 1. The van der Waals surface area contributed by atoms with E-state index >= 15 is 0 Å². The van der Waals surface area contributed by atoms with Crippen molar-refractivity contribution >= 4 is 6.29 Å². The second-order valence-electron chi connectivity index (χ2n) is 5.18. The van der Waals surface area contributed by atoms with Gasteiger partial charge in [-0.05, 0) is 55.4 Å². The highest BCUT2D eigenvalue weighted by molar-refractivity contribution is 5.64. The van der Waals surface area contributed by atoms with Crippen molar-refractivity contribution < 1.29 is 9.53 Å². The van der Waals surface area contributed by atoms with Gasteiger partial charge < -0.3 is 4.74 Å². The van der Waals surface area contributed by atoms with Crippen LogP contribution in [0.3, 0.4) is 0 Å². The molecule has 1 saturated carbocycles. The first kappa shape index (κ1) is 14.5. The van der Waals surface area contributed by atoms with Gasteiger partial charge in [0.1, 0.15) is 6.29 Å². The number of allylic oxidation sites excluding steroid dienone is 2. The normalized spacial score (nSPS) is 22.6. The van der Waals surface area contributed by atoms with Crippen molar-refractivity contribution in [3.8, 4) is 6.07 Å². The Labute approximate surface area is 119 Å². The highest BCUT2D eigenvalue weighted by Crippen LogP contribution is 2.27. The van der Waals surface area contributed by atoms with Gasteiger partial charge in [-0.2, -0.15) is 5.26 Å². The maximum atomic E-state index is 10.3. The summed E-state index contributed by atoms with van der Waals surface area (Å²) in [6.07, 6.45) is 9.02. The third-order valence-electron chi connectivity index (χ3n) is 3.75. The second kappa shape index (κ2) is 7.62. The molecule has 1 fully saturated rings. The molecular formula is C17H19NO2. The lowest BCUT2D eigenvalue weighted by Crippen LogP contribution is -2.20. The van der Waals surface area contributed by atoms with Crippen LogP contribution in [0.15, 0.2) is 36.4 Å². The first-order chi connectivity index (χ1) is 9.81. The Morgan fingerprint density at radius 3 is 2.50 bits per heavy atom. The molecule has 0 N–H and O–H groups in total. The third-order valence-corrected chi connectivity index (χ3v) is 3.75. The summed E-state index contributed by atoms with van der Waals surface area (Å²) < 4.78 is 5.92. The van der Waals surface area contributed by atoms with Gasteiger partial charge in [0, 0.05) is 0 Å². The average molecular weight is 269 g/mol. The molecule has 0 aliphatic heterocycles. The predicted octanol–water partition coefficient (Wildman–Crippen LogP) is 3.39. The molecular weight excluding hydrogens is 250 g/mol. The molecule has 0 saturated heterocycles. The Kier molecular flexibility index (Phi) is 5.52. The van der Waals surface area contributed by atoms with E-state index in [-0.39, 0.29) is 0 Å². The molecule has 104 valence electrons.